The molecule has 0 saturated carbocycles. The van der Waals surface area contributed by atoms with Gasteiger partial charge in [-0.3, -0.25) is 4.99 Å². The zero-order chi connectivity index (χ0) is 17.0. The van der Waals surface area contributed by atoms with Gasteiger partial charge in [-0.1, -0.05) is 13.0 Å². The molecule has 1 aromatic carbocycles. The van der Waals surface area contributed by atoms with Gasteiger partial charge in [0.05, 0.1) is 6.54 Å². The average molecular weight is 317 g/mol. The van der Waals surface area contributed by atoms with Gasteiger partial charge in [-0.25, -0.2) is 4.99 Å². The highest BCUT2D eigenvalue weighted by Crippen LogP contribution is 2.25. The van der Waals surface area contributed by atoms with Crippen molar-refractivity contribution in [1.29, 1.82) is 0 Å². The van der Waals surface area contributed by atoms with Crippen molar-refractivity contribution in [2.45, 2.75) is 26.3 Å². The van der Waals surface area contributed by atoms with Gasteiger partial charge in [0.1, 0.15) is 11.7 Å². The Balaban J connectivity index is 2.20. The Kier molecular flexibility index (Phi) is 5.20. The molecule has 0 bridgehead atoms. The molecule has 1 aliphatic heterocycles. The van der Waals surface area contributed by atoms with Crippen LogP contribution in [-0.4, -0.2) is 46.8 Å². The number of guanidine groups is 1. The molecular formula is C16H23N5O2. The summed E-state index contributed by atoms with van der Waals surface area (Å²) in [6.07, 6.45) is 1.58. The molecule has 1 aliphatic rings. The van der Waals surface area contributed by atoms with Crippen LogP contribution in [0.15, 0.2) is 33.2 Å². The molecule has 0 aromatic heterocycles. The average Bonchev–Trinajstić information content (AvgIpc) is 2.67. The first-order valence-corrected chi connectivity index (χ1v) is 7.55. The number of benzene rings is 1. The summed E-state index contributed by atoms with van der Waals surface area (Å²) in [4.78, 5) is 15.1. The van der Waals surface area contributed by atoms with E-state index in [-0.39, 0.29) is 23.4 Å². The van der Waals surface area contributed by atoms with Crippen LogP contribution < -0.4 is 5.73 Å². The number of nitrogens with zero attached hydrogens (tertiary/aromatic N) is 4. The zero-order valence-corrected chi connectivity index (χ0v) is 13.7. The van der Waals surface area contributed by atoms with Crippen molar-refractivity contribution in [2.75, 3.05) is 14.1 Å². The molecule has 1 heterocycles. The van der Waals surface area contributed by atoms with Crippen LogP contribution in [-0.2, 0) is 6.54 Å². The number of hydrogen-bond donors (Lipinski definition) is 3. The summed E-state index contributed by atoms with van der Waals surface area (Å²) in [6.45, 7) is 2.45. The third kappa shape index (κ3) is 4.21. The van der Waals surface area contributed by atoms with Crippen molar-refractivity contribution in [1.82, 2.24) is 4.90 Å². The Morgan fingerprint density at radius 2 is 2.00 bits per heavy atom. The fourth-order valence-electron chi connectivity index (χ4n) is 2.47. The van der Waals surface area contributed by atoms with E-state index in [0.717, 1.165) is 17.8 Å². The minimum Gasteiger partial charge on any atom is -0.504 e. The number of amidine groups is 2. The summed E-state index contributed by atoms with van der Waals surface area (Å²) >= 11 is 0. The highest BCUT2D eigenvalue weighted by atomic mass is 16.3. The second-order valence-electron chi connectivity index (χ2n) is 5.70. The molecule has 1 atom stereocenters. The van der Waals surface area contributed by atoms with E-state index in [1.165, 1.54) is 12.1 Å². The van der Waals surface area contributed by atoms with Gasteiger partial charge in [0.25, 0.3) is 0 Å². The van der Waals surface area contributed by atoms with Crippen molar-refractivity contribution in [3.05, 3.63) is 23.8 Å². The predicted octanol–water partition coefficient (Wildman–Crippen LogP) is 1.70. The van der Waals surface area contributed by atoms with E-state index in [9.17, 15) is 10.2 Å². The summed E-state index contributed by atoms with van der Waals surface area (Å²) in [5.74, 6) is 1.66. The number of aromatic hydroxyl groups is 2. The monoisotopic (exact) mass is 317 g/mol. The van der Waals surface area contributed by atoms with Gasteiger partial charge in [-0.05, 0) is 24.1 Å². The van der Waals surface area contributed by atoms with Crippen LogP contribution in [0.25, 0.3) is 0 Å². The molecule has 0 spiro atoms. The molecule has 7 nitrogen and oxygen atoms in total. The molecule has 0 saturated heterocycles. The maximum atomic E-state index is 9.53. The van der Waals surface area contributed by atoms with E-state index in [0.29, 0.717) is 18.8 Å². The van der Waals surface area contributed by atoms with Crippen LogP contribution >= 0.6 is 0 Å². The molecule has 1 unspecified atom stereocenters. The molecule has 0 amide bonds. The molecule has 0 aliphatic carbocycles. The number of aliphatic imine (C=N–C) groups is 3. The first kappa shape index (κ1) is 16.8. The van der Waals surface area contributed by atoms with Crippen molar-refractivity contribution in [2.24, 2.45) is 26.6 Å². The maximum Gasteiger partial charge on any atom is 0.223 e. The third-order valence-corrected chi connectivity index (χ3v) is 3.70. The minimum atomic E-state index is -0.156. The highest BCUT2D eigenvalue weighted by Gasteiger charge is 2.22. The molecule has 0 fully saturated rings. The Morgan fingerprint density at radius 3 is 2.61 bits per heavy atom. The van der Waals surface area contributed by atoms with Crippen molar-refractivity contribution in [3.8, 4) is 11.5 Å². The third-order valence-electron chi connectivity index (χ3n) is 3.70. The number of rotatable bonds is 3. The molecule has 4 N–H and O–H groups in total. The molecule has 2 rings (SSSR count). The normalized spacial score (nSPS) is 20.0. The van der Waals surface area contributed by atoms with Crippen LogP contribution in [0.3, 0.4) is 0 Å². The Labute approximate surface area is 135 Å². The predicted molar refractivity (Wildman–Crippen MR) is 92.1 cm³/mol. The van der Waals surface area contributed by atoms with Crippen molar-refractivity contribution in [3.63, 3.8) is 0 Å². The molecule has 23 heavy (non-hydrogen) atoms. The summed E-state index contributed by atoms with van der Waals surface area (Å²) in [5, 5.41) is 18.9. The topological polar surface area (TPSA) is 107 Å². The molecule has 0 radical (unpaired) electrons. The van der Waals surface area contributed by atoms with Gasteiger partial charge in [0.2, 0.25) is 5.96 Å². The highest BCUT2D eigenvalue weighted by molar-refractivity contribution is 6.06. The number of phenolic OH excluding ortho intramolecular Hbond substituents is 2. The second kappa shape index (κ2) is 7.13. The smallest absolute Gasteiger partial charge is 0.223 e. The second-order valence-corrected chi connectivity index (χ2v) is 5.70. The van der Waals surface area contributed by atoms with Gasteiger partial charge in [-0.2, -0.15) is 4.99 Å². The first-order chi connectivity index (χ1) is 10.9. The van der Waals surface area contributed by atoms with Gasteiger partial charge < -0.3 is 20.8 Å². The van der Waals surface area contributed by atoms with E-state index in [1.807, 2.05) is 19.0 Å². The Hall–Kier alpha value is -2.57. The number of nitrogens with two attached hydrogens (primary N) is 1. The lowest BCUT2D eigenvalue weighted by Crippen LogP contribution is -2.31. The molecule has 7 heteroatoms. The molecular weight excluding hydrogens is 294 g/mol. The van der Waals surface area contributed by atoms with E-state index in [4.69, 9.17) is 5.73 Å². The van der Waals surface area contributed by atoms with Gasteiger partial charge in [0, 0.05) is 26.4 Å². The van der Waals surface area contributed by atoms with Crippen LogP contribution in [0.4, 0.5) is 0 Å². The maximum absolute atomic E-state index is 9.53. The van der Waals surface area contributed by atoms with Crippen molar-refractivity contribution >= 4 is 17.6 Å². The quantitative estimate of drug-likeness (QED) is 0.737. The van der Waals surface area contributed by atoms with E-state index >= 15 is 0 Å². The van der Waals surface area contributed by atoms with Crippen LogP contribution in [0, 0.1) is 5.92 Å². The summed E-state index contributed by atoms with van der Waals surface area (Å²) in [5.41, 5.74) is 6.65. The van der Waals surface area contributed by atoms with E-state index in [1.54, 1.807) is 6.07 Å². The Morgan fingerprint density at radius 1 is 1.26 bits per heavy atom. The van der Waals surface area contributed by atoms with Gasteiger partial charge in [0.15, 0.2) is 11.5 Å². The largest absolute Gasteiger partial charge is 0.504 e. The lowest BCUT2D eigenvalue weighted by molar-refractivity contribution is 0.403. The molecule has 1 aromatic rings. The summed E-state index contributed by atoms with van der Waals surface area (Å²) in [6, 6.07) is 4.64. The first-order valence-electron chi connectivity index (χ1n) is 7.55. The number of hydrogen-bond acceptors (Lipinski definition) is 6. The molecule has 124 valence electrons. The Bertz CT molecular complexity index is 664. The van der Waals surface area contributed by atoms with Gasteiger partial charge in [-0.15, -0.1) is 0 Å². The van der Waals surface area contributed by atoms with E-state index in [2.05, 4.69) is 21.9 Å². The lowest BCUT2D eigenvalue weighted by Gasteiger charge is -2.22. The van der Waals surface area contributed by atoms with Crippen LogP contribution in [0.1, 0.15) is 25.3 Å². The lowest BCUT2D eigenvalue weighted by atomic mass is 10.00. The summed E-state index contributed by atoms with van der Waals surface area (Å²) < 4.78 is 0. The number of phenols is 2. The minimum absolute atomic E-state index is 0.145. The van der Waals surface area contributed by atoms with Gasteiger partial charge >= 0.3 is 0 Å². The fourth-order valence-corrected chi connectivity index (χ4v) is 2.47. The SMILES string of the molecule is CCC1CC(=NCc2ccc(O)c(O)c2)N=C(N)N=C1N(C)C. The van der Waals surface area contributed by atoms with Crippen molar-refractivity contribution < 1.29 is 10.2 Å². The standard InChI is InChI=1S/C16H23N5O2/c1-4-11-8-14(19-16(17)20-15(11)21(2)3)18-9-10-5-6-12(22)13(23)7-10/h5-7,11,22-23H,4,8-9H2,1-3H3,(H2,17,18,19). The van der Waals surface area contributed by atoms with Crippen LogP contribution in [0.2, 0.25) is 0 Å². The zero-order valence-electron chi connectivity index (χ0n) is 13.7. The summed E-state index contributed by atoms with van der Waals surface area (Å²) in [7, 11) is 3.88. The van der Waals surface area contributed by atoms with Crippen LogP contribution in [0.5, 0.6) is 11.5 Å². The van der Waals surface area contributed by atoms with E-state index < -0.39 is 0 Å². The fraction of sp³-hybridized carbons (Fsp3) is 0.438.